The zero-order chi connectivity index (χ0) is 15.4. The van der Waals surface area contributed by atoms with E-state index in [1.54, 1.807) is 44.4 Å². The second-order valence-electron chi connectivity index (χ2n) is 4.58. The lowest BCUT2D eigenvalue weighted by Gasteiger charge is -2.15. The minimum Gasteiger partial charge on any atom is -0.497 e. The zero-order valence-electron chi connectivity index (χ0n) is 11.8. The van der Waals surface area contributed by atoms with Crippen LogP contribution in [0.2, 0.25) is 0 Å². The van der Waals surface area contributed by atoms with E-state index in [0.717, 1.165) is 0 Å². The summed E-state index contributed by atoms with van der Waals surface area (Å²) in [5, 5.41) is 9.77. The summed E-state index contributed by atoms with van der Waals surface area (Å²) in [5.74, 6) is 0.811. The SMILES string of the molecule is COc1ccc(C(C)O)c(OCc2cccc(F)c2Br)c1. The largest absolute Gasteiger partial charge is 0.497 e. The van der Waals surface area contributed by atoms with Crippen molar-refractivity contribution in [1.29, 1.82) is 0 Å². The smallest absolute Gasteiger partial charge is 0.137 e. The quantitative estimate of drug-likeness (QED) is 0.873. The van der Waals surface area contributed by atoms with Gasteiger partial charge in [-0.1, -0.05) is 12.1 Å². The molecule has 0 aromatic heterocycles. The van der Waals surface area contributed by atoms with Gasteiger partial charge in [-0.15, -0.1) is 0 Å². The number of aliphatic hydroxyl groups excluding tert-OH is 1. The highest BCUT2D eigenvalue weighted by Crippen LogP contribution is 2.31. The van der Waals surface area contributed by atoms with E-state index < -0.39 is 6.10 Å². The summed E-state index contributed by atoms with van der Waals surface area (Å²) < 4.78 is 24.7. The standard InChI is InChI=1S/C16H16BrFO3/c1-10(19)13-7-6-12(20-2)8-15(13)21-9-11-4-3-5-14(18)16(11)17/h3-8,10,19H,9H2,1-2H3. The van der Waals surface area contributed by atoms with E-state index in [4.69, 9.17) is 9.47 Å². The van der Waals surface area contributed by atoms with Crippen LogP contribution >= 0.6 is 15.9 Å². The molecule has 0 radical (unpaired) electrons. The Labute approximate surface area is 131 Å². The molecule has 1 unspecified atom stereocenters. The first kappa shape index (κ1) is 15.8. The van der Waals surface area contributed by atoms with Gasteiger partial charge in [0.15, 0.2) is 0 Å². The first-order valence-corrected chi connectivity index (χ1v) is 7.24. The number of rotatable bonds is 5. The Bertz CT molecular complexity index is 629. The molecule has 0 bridgehead atoms. The summed E-state index contributed by atoms with van der Waals surface area (Å²) in [7, 11) is 1.56. The Morgan fingerprint density at radius 2 is 2.05 bits per heavy atom. The number of methoxy groups -OCH3 is 1. The molecule has 0 amide bonds. The molecular formula is C16H16BrFO3. The maximum Gasteiger partial charge on any atom is 0.137 e. The van der Waals surface area contributed by atoms with Crippen LogP contribution in [0.15, 0.2) is 40.9 Å². The number of ether oxygens (including phenoxy) is 2. The number of halogens is 2. The van der Waals surface area contributed by atoms with E-state index >= 15 is 0 Å². The Morgan fingerprint density at radius 3 is 2.71 bits per heavy atom. The minimum atomic E-state index is -0.665. The van der Waals surface area contributed by atoms with Crippen LogP contribution in [-0.4, -0.2) is 12.2 Å². The summed E-state index contributed by atoms with van der Waals surface area (Å²) >= 11 is 3.20. The van der Waals surface area contributed by atoms with Crippen LogP contribution in [0.5, 0.6) is 11.5 Å². The Hall–Kier alpha value is -1.59. The summed E-state index contributed by atoms with van der Waals surface area (Å²) in [6.45, 7) is 1.85. The van der Waals surface area contributed by atoms with Gasteiger partial charge in [0.05, 0.1) is 17.7 Å². The average Bonchev–Trinajstić information content (AvgIpc) is 2.48. The third-order valence-electron chi connectivity index (χ3n) is 3.09. The number of aliphatic hydroxyl groups is 1. The maximum atomic E-state index is 13.5. The minimum absolute atomic E-state index is 0.186. The third kappa shape index (κ3) is 3.74. The lowest BCUT2D eigenvalue weighted by atomic mass is 10.1. The second kappa shape index (κ2) is 6.91. The number of hydrogen-bond donors (Lipinski definition) is 1. The van der Waals surface area contributed by atoms with Crippen molar-refractivity contribution < 1.29 is 19.0 Å². The predicted octanol–water partition coefficient (Wildman–Crippen LogP) is 4.23. The number of benzene rings is 2. The van der Waals surface area contributed by atoms with Gasteiger partial charge >= 0.3 is 0 Å². The fourth-order valence-corrected chi connectivity index (χ4v) is 2.31. The van der Waals surface area contributed by atoms with E-state index in [1.165, 1.54) is 6.07 Å². The van der Waals surface area contributed by atoms with Gasteiger partial charge < -0.3 is 14.6 Å². The fourth-order valence-electron chi connectivity index (χ4n) is 1.93. The monoisotopic (exact) mass is 354 g/mol. The van der Waals surface area contributed by atoms with E-state index in [1.807, 2.05) is 0 Å². The predicted molar refractivity (Wildman–Crippen MR) is 82.1 cm³/mol. The third-order valence-corrected chi connectivity index (χ3v) is 3.97. The van der Waals surface area contributed by atoms with Crippen molar-refractivity contribution in [3.63, 3.8) is 0 Å². The molecular weight excluding hydrogens is 339 g/mol. The van der Waals surface area contributed by atoms with Crippen molar-refractivity contribution in [3.8, 4) is 11.5 Å². The first-order chi connectivity index (χ1) is 10.0. The fraction of sp³-hybridized carbons (Fsp3) is 0.250. The molecule has 21 heavy (non-hydrogen) atoms. The van der Waals surface area contributed by atoms with Crippen molar-refractivity contribution in [2.45, 2.75) is 19.6 Å². The summed E-state index contributed by atoms with van der Waals surface area (Å²) in [6.07, 6.45) is -0.665. The molecule has 2 aromatic rings. The lowest BCUT2D eigenvalue weighted by Crippen LogP contribution is -2.02. The first-order valence-electron chi connectivity index (χ1n) is 6.44. The van der Waals surface area contributed by atoms with Gasteiger partial charge in [-0.2, -0.15) is 0 Å². The van der Waals surface area contributed by atoms with Crippen LogP contribution in [0.3, 0.4) is 0 Å². The van der Waals surface area contributed by atoms with E-state index in [0.29, 0.717) is 27.1 Å². The highest BCUT2D eigenvalue weighted by atomic mass is 79.9. The lowest BCUT2D eigenvalue weighted by molar-refractivity contribution is 0.189. The Balaban J connectivity index is 2.24. The topological polar surface area (TPSA) is 38.7 Å². The van der Waals surface area contributed by atoms with Gasteiger partial charge in [0.2, 0.25) is 0 Å². The molecule has 0 saturated heterocycles. The van der Waals surface area contributed by atoms with Crippen molar-refractivity contribution >= 4 is 15.9 Å². The molecule has 112 valence electrons. The van der Waals surface area contributed by atoms with E-state index in [9.17, 15) is 9.50 Å². The van der Waals surface area contributed by atoms with E-state index in [-0.39, 0.29) is 12.4 Å². The van der Waals surface area contributed by atoms with Crippen molar-refractivity contribution in [3.05, 3.63) is 57.8 Å². The van der Waals surface area contributed by atoms with Gasteiger partial charge in [-0.3, -0.25) is 0 Å². The molecule has 5 heteroatoms. The summed E-state index contributed by atoms with van der Waals surface area (Å²) in [6, 6.07) is 9.98. The van der Waals surface area contributed by atoms with Crippen molar-refractivity contribution in [2.75, 3.05) is 7.11 Å². The average molecular weight is 355 g/mol. The van der Waals surface area contributed by atoms with Gasteiger partial charge in [0.25, 0.3) is 0 Å². The van der Waals surface area contributed by atoms with Crippen LogP contribution in [0.25, 0.3) is 0 Å². The van der Waals surface area contributed by atoms with Gasteiger partial charge in [-0.25, -0.2) is 4.39 Å². The van der Waals surface area contributed by atoms with Crippen LogP contribution < -0.4 is 9.47 Å². The van der Waals surface area contributed by atoms with Gasteiger partial charge in [0, 0.05) is 17.2 Å². The highest BCUT2D eigenvalue weighted by Gasteiger charge is 2.12. The molecule has 0 spiro atoms. The zero-order valence-corrected chi connectivity index (χ0v) is 13.4. The van der Waals surface area contributed by atoms with E-state index in [2.05, 4.69) is 15.9 Å². The van der Waals surface area contributed by atoms with Crippen molar-refractivity contribution in [1.82, 2.24) is 0 Å². The van der Waals surface area contributed by atoms with Crippen LogP contribution in [-0.2, 0) is 6.61 Å². The molecule has 1 atom stereocenters. The summed E-state index contributed by atoms with van der Waals surface area (Å²) in [5.41, 5.74) is 1.35. The second-order valence-corrected chi connectivity index (χ2v) is 5.37. The number of hydrogen-bond acceptors (Lipinski definition) is 3. The van der Waals surface area contributed by atoms with Gasteiger partial charge in [-0.05, 0) is 41.1 Å². The molecule has 0 aliphatic rings. The molecule has 2 rings (SSSR count). The maximum absolute atomic E-state index is 13.5. The van der Waals surface area contributed by atoms with Gasteiger partial charge in [0.1, 0.15) is 23.9 Å². The normalized spacial score (nSPS) is 12.0. The molecule has 0 saturated carbocycles. The molecule has 0 heterocycles. The van der Waals surface area contributed by atoms with Crippen LogP contribution in [0.4, 0.5) is 4.39 Å². The molecule has 3 nitrogen and oxygen atoms in total. The molecule has 0 aliphatic carbocycles. The Kier molecular flexibility index (Phi) is 5.20. The Morgan fingerprint density at radius 1 is 1.29 bits per heavy atom. The van der Waals surface area contributed by atoms with Crippen LogP contribution in [0, 0.1) is 5.82 Å². The molecule has 2 aromatic carbocycles. The molecule has 1 N–H and O–H groups in total. The summed E-state index contributed by atoms with van der Waals surface area (Å²) in [4.78, 5) is 0. The van der Waals surface area contributed by atoms with Crippen molar-refractivity contribution in [2.24, 2.45) is 0 Å². The molecule has 0 fully saturated rings. The van der Waals surface area contributed by atoms with Crippen LogP contribution in [0.1, 0.15) is 24.2 Å². The molecule has 0 aliphatic heterocycles. The highest BCUT2D eigenvalue weighted by molar-refractivity contribution is 9.10.